The molecule has 1 aliphatic heterocycles. The average Bonchev–Trinajstić information content (AvgIpc) is 3.17. The molecule has 27 heavy (non-hydrogen) atoms. The summed E-state index contributed by atoms with van der Waals surface area (Å²) in [6.07, 6.45) is 4.95. The Kier molecular flexibility index (Phi) is 5.42. The molecule has 0 radical (unpaired) electrons. The fraction of sp³-hybridized carbons (Fsp3) is 0.545. The molecule has 0 spiro atoms. The predicted molar refractivity (Wildman–Crippen MR) is 114 cm³/mol. The van der Waals surface area contributed by atoms with Gasteiger partial charge in [0.15, 0.2) is 0 Å². The van der Waals surface area contributed by atoms with Crippen molar-refractivity contribution in [3.05, 3.63) is 41.1 Å². The highest BCUT2D eigenvalue weighted by atomic mass is 32.2. The SMILES string of the molecule is Cc1ccc2nc(C)c(C(=O)NCC3(N4CCSCC4)CCCC3)cc2c1. The van der Waals surface area contributed by atoms with Crippen molar-refractivity contribution in [2.75, 3.05) is 31.1 Å². The molecule has 1 saturated heterocycles. The topological polar surface area (TPSA) is 45.2 Å². The van der Waals surface area contributed by atoms with E-state index in [0.717, 1.165) is 36.2 Å². The summed E-state index contributed by atoms with van der Waals surface area (Å²) in [4.78, 5) is 20.3. The van der Waals surface area contributed by atoms with Gasteiger partial charge in [-0.25, -0.2) is 0 Å². The maximum atomic E-state index is 13.0. The van der Waals surface area contributed by atoms with Crippen LogP contribution in [0.2, 0.25) is 0 Å². The van der Waals surface area contributed by atoms with E-state index in [9.17, 15) is 4.79 Å². The second-order valence-corrected chi connectivity index (χ2v) is 9.26. The standard InChI is InChI=1S/C22H29N3OS/c1-16-5-6-20-18(13-16)14-19(17(2)24-20)21(26)23-15-22(7-3-4-8-22)25-9-11-27-12-10-25/h5-6,13-14H,3-4,7-12,15H2,1-2H3,(H,23,26). The summed E-state index contributed by atoms with van der Waals surface area (Å²) >= 11 is 2.04. The summed E-state index contributed by atoms with van der Waals surface area (Å²) in [7, 11) is 0. The lowest BCUT2D eigenvalue weighted by atomic mass is 9.94. The molecule has 1 aromatic heterocycles. The van der Waals surface area contributed by atoms with Gasteiger partial charge in [-0.2, -0.15) is 11.8 Å². The number of aromatic nitrogens is 1. The van der Waals surface area contributed by atoms with Crippen LogP contribution in [0.15, 0.2) is 24.3 Å². The molecule has 0 unspecified atom stereocenters. The van der Waals surface area contributed by atoms with Gasteiger partial charge in [-0.15, -0.1) is 0 Å². The zero-order chi connectivity index (χ0) is 18.9. The molecular formula is C22H29N3OS. The van der Waals surface area contributed by atoms with Crippen LogP contribution in [0.4, 0.5) is 0 Å². The van der Waals surface area contributed by atoms with Gasteiger partial charge >= 0.3 is 0 Å². The number of rotatable bonds is 4. The summed E-state index contributed by atoms with van der Waals surface area (Å²) < 4.78 is 0. The summed E-state index contributed by atoms with van der Waals surface area (Å²) in [5, 5.41) is 4.31. The number of nitrogens with zero attached hydrogens (tertiary/aromatic N) is 2. The van der Waals surface area contributed by atoms with Crippen molar-refractivity contribution in [1.29, 1.82) is 0 Å². The number of amides is 1. The van der Waals surface area contributed by atoms with Gasteiger partial charge in [0.2, 0.25) is 0 Å². The quantitative estimate of drug-likeness (QED) is 0.868. The molecule has 5 heteroatoms. The Bertz CT molecular complexity index is 839. The predicted octanol–water partition coefficient (Wildman–Crippen LogP) is 3.94. The number of hydrogen-bond acceptors (Lipinski definition) is 4. The van der Waals surface area contributed by atoms with E-state index < -0.39 is 0 Å². The van der Waals surface area contributed by atoms with Crippen LogP contribution in [0.1, 0.15) is 47.3 Å². The van der Waals surface area contributed by atoms with Crippen molar-refractivity contribution in [1.82, 2.24) is 15.2 Å². The van der Waals surface area contributed by atoms with Crippen LogP contribution >= 0.6 is 11.8 Å². The van der Waals surface area contributed by atoms with Crippen LogP contribution in [-0.4, -0.2) is 52.5 Å². The summed E-state index contributed by atoms with van der Waals surface area (Å²) in [6, 6.07) is 8.19. The Morgan fingerprint density at radius 2 is 1.93 bits per heavy atom. The smallest absolute Gasteiger partial charge is 0.253 e. The van der Waals surface area contributed by atoms with Gasteiger partial charge in [0, 0.05) is 42.1 Å². The van der Waals surface area contributed by atoms with Gasteiger partial charge in [0.25, 0.3) is 5.91 Å². The fourth-order valence-corrected chi connectivity index (χ4v) is 5.54. The van der Waals surface area contributed by atoms with Crippen molar-refractivity contribution in [2.24, 2.45) is 0 Å². The van der Waals surface area contributed by atoms with Crippen molar-refractivity contribution in [3.63, 3.8) is 0 Å². The molecule has 0 atom stereocenters. The summed E-state index contributed by atoms with van der Waals surface area (Å²) in [6.45, 7) is 7.05. The number of carbonyl (C=O) groups excluding carboxylic acids is 1. The van der Waals surface area contributed by atoms with E-state index in [4.69, 9.17) is 0 Å². The molecule has 2 aliphatic rings. The molecule has 1 aromatic carbocycles. The number of hydrogen-bond donors (Lipinski definition) is 1. The van der Waals surface area contributed by atoms with E-state index in [0.29, 0.717) is 5.56 Å². The maximum absolute atomic E-state index is 13.0. The van der Waals surface area contributed by atoms with Gasteiger partial charge in [0.05, 0.1) is 16.8 Å². The van der Waals surface area contributed by atoms with Crippen molar-refractivity contribution in [2.45, 2.75) is 45.1 Å². The molecule has 1 N–H and O–H groups in total. The minimum atomic E-state index is 0.0149. The lowest BCUT2D eigenvalue weighted by Gasteiger charge is -2.43. The zero-order valence-corrected chi connectivity index (χ0v) is 17.2. The molecule has 0 bridgehead atoms. The molecule has 4 rings (SSSR count). The van der Waals surface area contributed by atoms with Crippen LogP contribution < -0.4 is 5.32 Å². The number of thioether (sulfide) groups is 1. The highest BCUT2D eigenvalue weighted by molar-refractivity contribution is 7.99. The Hall–Kier alpha value is -1.59. The Balaban J connectivity index is 1.53. The summed E-state index contributed by atoms with van der Waals surface area (Å²) in [5.41, 5.74) is 3.81. The first-order valence-electron chi connectivity index (χ1n) is 10.1. The Morgan fingerprint density at radius 3 is 2.67 bits per heavy atom. The molecule has 144 valence electrons. The second kappa shape index (κ2) is 7.80. The third kappa shape index (κ3) is 3.85. The highest BCUT2D eigenvalue weighted by Crippen LogP contribution is 2.36. The molecule has 1 saturated carbocycles. The normalized spacial score (nSPS) is 20.1. The van der Waals surface area contributed by atoms with E-state index in [2.05, 4.69) is 34.3 Å². The minimum Gasteiger partial charge on any atom is -0.350 e. The van der Waals surface area contributed by atoms with E-state index >= 15 is 0 Å². The lowest BCUT2D eigenvalue weighted by molar-refractivity contribution is 0.0817. The van der Waals surface area contributed by atoms with E-state index in [1.54, 1.807) is 0 Å². The van der Waals surface area contributed by atoms with Crippen LogP contribution in [0.3, 0.4) is 0 Å². The second-order valence-electron chi connectivity index (χ2n) is 8.03. The summed E-state index contributed by atoms with van der Waals surface area (Å²) in [5.74, 6) is 2.44. The van der Waals surface area contributed by atoms with Crippen LogP contribution in [-0.2, 0) is 0 Å². The molecule has 1 amide bonds. The fourth-order valence-electron chi connectivity index (χ4n) is 4.64. The molecule has 2 fully saturated rings. The number of nitrogens with one attached hydrogen (secondary N) is 1. The van der Waals surface area contributed by atoms with Gasteiger partial charge in [-0.05, 0) is 44.9 Å². The van der Waals surface area contributed by atoms with E-state index in [1.807, 2.05) is 30.8 Å². The largest absolute Gasteiger partial charge is 0.350 e. The Morgan fingerprint density at radius 1 is 1.19 bits per heavy atom. The van der Waals surface area contributed by atoms with Crippen molar-refractivity contribution >= 4 is 28.6 Å². The highest BCUT2D eigenvalue weighted by Gasteiger charge is 2.40. The van der Waals surface area contributed by atoms with E-state index in [-0.39, 0.29) is 11.4 Å². The number of pyridine rings is 1. The van der Waals surface area contributed by atoms with Crippen LogP contribution in [0, 0.1) is 13.8 Å². The minimum absolute atomic E-state index is 0.0149. The maximum Gasteiger partial charge on any atom is 0.253 e. The number of fused-ring (bicyclic) bond motifs is 1. The van der Waals surface area contributed by atoms with Crippen molar-refractivity contribution < 1.29 is 4.79 Å². The third-order valence-electron chi connectivity index (χ3n) is 6.20. The first-order valence-corrected chi connectivity index (χ1v) is 11.2. The van der Waals surface area contributed by atoms with Gasteiger partial charge in [-0.3, -0.25) is 14.7 Å². The van der Waals surface area contributed by atoms with E-state index in [1.165, 1.54) is 42.8 Å². The lowest BCUT2D eigenvalue weighted by Crippen LogP contribution is -2.56. The first kappa shape index (κ1) is 18.8. The van der Waals surface area contributed by atoms with Gasteiger partial charge < -0.3 is 5.32 Å². The van der Waals surface area contributed by atoms with Crippen molar-refractivity contribution in [3.8, 4) is 0 Å². The first-order chi connectivity index (χ1) is 13.1. The average molecular weight is 384 g/mol. The molecule has 2 heterocycles. The molecule has 1 aliphatic carbocycles. The van der Waals surface area contributed by atoms with Crippen LogP contribution in [0.5, 0.6) is 0 Å². The molecule has 2 aromatic rings. The van der Waals surface area contributed by atoms with Gasteiger partial charge in [-0.1, -0.05) is 24.5 Å². The third-order valence-corrected chi connectivity index (χ3v) is 7.14. The number of aryl methyl sites for hydroxylation is 2. The van der Waals surface area contributed by atoms with Gasteiger partial charge in [0.1, 0.15) is 0 Å². The number of benzene rings is 1. The van der Waals surface area contributed by atoms with Crippen LogP contribution in [0.25, 0.3) is 10.9 Å². The monoisotopic (exact) mass is 383 g/mol. The number of carbonyl (C=O) groups is 1. The molecular weight excluding hydrogens is 354 g/mol. The zero-order valence-electron chi connectivity index (χ0n) is 16.4. The molecule has 4 nitrogen and oxygen atoms in total. The Labute approximate surface area is 166 Å².